The molecule has 1 N–H and O–H groups in total. The second-order valence-electron chi connectivity index (χ2n) is 5.68. The Morgan fingerprint density at radius 2 is 1.29 bits per heavy atom. The Balaban J connectivity index is 4.21. The van der Waals surface area contributed by atoms with E-state index < -0.39 is 21.7 Å². The first-order valence-corrected chi connectivity index (χ1v) is 9.67. The van der Waals surface area contributed by atoms with E-state index in [1.807, 2.05) is 0 Å². The van der Waals surface area contributed by atoms with Crippen molar-refractivity contribution in [2.24, 2.45) is 0 Å². The summed E-state index contributed by atoms with van der Waals surface area (Å²) in [6, 6.07) is 0. The molecule has 0 aromatic carbocycles. The quantitative estimate of drug-likeness (QED) is 0.299. The van der Waals surface area contributed by atoms with E-state index in [1.165, 1.54) is 0 Å². The van der Waals surface area contributed by atoms with Crippen LogP contribution >= 0.6 is 0 Å². The van der Waals surface area contributed by atoms with Crippen molar-refractivity contribution >= 4 is 10.1 Å². The van der Waals surface area contributed by atoms with E-state index in [1.54, 1.807) is 6.92 Å². The van der Waals surface area contributed by atoms with Crippen molar-refractivity contribution in [2.45, 2.75) is 77.9 Å². The van der Waals surface area contributed by atoms with Gasteiger partial charge in [0, 0.05) is 0 Å². The first-order chi connectivity index (χ1) is 9.83. The van der Waals surface area contributed by atoms with Gasteiger partial charge in [-0.3, -0.25) is 4.55 Å². The molecule has 0 unspecified atom stereocenters. The van der Waals surface area contributed by atoms with Gasteiger partial charge in [-0.25, -0.2) is 0 Å². The van der Waals surface area contributed by atoms with Crippen LogP contribution in [-0.2, 0) is 19.6 Å². The van der Waals surface area contributed by atoms with Crippen LogP contribution in [0.25, 0.3) is 0 Å². The highest BCUT2D eigenvalue weighted by Crippen LogP contribution is 2.17. The fourth-order valence-electron chi connectivity index (χ4n) is 2.09. The minimum absolute atomic E-state index is 0.445. The van der Waals surface area contributed by atoms with Crippen LogP contribution in [0.4, 0.5) is 0 Å². The number of hydrogen-bond acceptors (Lipinski definition) is 4. The molecule has 0 saturated heterocycles. The van der Waals surface area contributed by atoms with Gasteiger partial charge in [0.15, 0.2) is 5.79 Å². The molecule has 128 valence electrons. The maximum Gasteiger partial charge on any atom is 0.270 e. The van der Waals surface area contributed by atoms with Crippen LogP contribution in [0, 0.1) is 0 Å². The van der Waals surface area contributed by atoms with Gasteiger partial charge in [0.25, 0.3) is 10.1 Å². The summed E-state index contributed by atoms with van der Waals surface area (Å²) in [5.74, 6) is -1.78. The molecule has 0 radical (unpaired) electrons. The van der Waals surface area contributed by atoms with Crippen molar-refractivity contribution in [3.63, 3.8) is 0 Å². The summed E-state index contributed by atoms with van der Waals surface area (Å²) >= 11 is 0. The third-order valence-electron chi connectivity index (χ3n) is 3.26. The molecular weight excluding hydrogens is 292 g/mol. The standard InChI is InChI=1S/C15H32O5S/c1-4-6-8-10-12-19-15(3,14-21(16,17)18)20-13-11-9-7-5-2/h4-14H2,1-3H3,(H,16,17,18). The number of unbranched alkanes of at least 4 members (excludes halogenated alkanes) is 6. The summed E-state index contributed by atoms with van der Waals surface area (Å²) in [4.78, 5) is 0. The molecule has 0 spiro atoms. The topological polar surface area (TPSA) is 72.8 Å². The predicted octanol–water partition coefficient (Wildman–Crippen LogP) is 3.78. The van der Waals surface area contributed by atoms with Crippen LogP contribution < -0.4 is 0 Å². The molecule has 0 amide bonds. The molecule has 0 atom stereocenters. The third-order valence-corrected chi connectivity index (χ3v) is 4.14. The van der Waals surface area contributed by atoms with Crippen molar-refractivity contribution < 1.29 is 22.4 Å². The Labute approximate surface area is 130 Å². The largest absolute Gasteiger partial charge is 0.349 e. The molecule has 0 aromatic rings. The molecule has 0 heterocycles. The maximum absolute atomic E-state index is 11.1. The molecule has 21 heavy (non-hydrogen) atoms. The average Bonchev–Trinajstić information content (AvgIpc) is 2.36. The van der Waals surface area contributed by atoms with Crippen LogP contribution in [0.5, 0.6) is 0 Å². The summed E-state index contributed by atoms with van der Waals surface area (Å²) in [6.45, 7) is 6.73. The zero-order valence-corrected chi connectivity index (χ0v) is 14.6. The summed E-state index contributed by atoms with van der Waals surface area (Å²) < 4.78 is 42.5. The minimum Gasteiger partial charge on any atom is -0.349 e. The first-order valence-electron chi connectivity index (χ1n) is 8.06. The van der Waals surface area contributed by atoms with Crippen LogP contribution in [-0.4, -0.2) is 37.7 Å². The molecule has 0 aliphatic rings. The smallest absolute Gasteiger partial charge is 0.270 e. The lowest BCUT2D eigenvalue weighted by Gasteiger charge is -2.29. The lowest BCUT2D eigenvalue weighted by atomic mass is 10.2. The van der Waals surface area contributed by atoms with Crippen LogP contribution in [0.2, 0.25) is 0 Å². The van der Waals surface area contributed by atoms with Gasteiger partial charge in [-0.15, -0.1) is 0 Å². The SMILES string of the molecule is CCCCCCOC(C)(CS(=O)(=O)O)OCCCCCC. The Morgan fingerprint density at radius 3 is 1.62 bits per heavy atom. The van der Waals surface area contributed by atoms with Crippen molar-refractivity contribution in [2.75, 3.05) is 19.0 Å². The summed E-state index contributed by atoms with van der Waals surface area (Å²) in [5, 5.41) is 0. The monoisotopic (exact) mass is 324 g/mol. The van der Waals surface area contributed by atoms with Gasteiger partial charge in [-0.1, -0.05) is 52.4 Å². The predicted molar refractivity (Wildman–Crippen MR) is 85.0 cm³/mol. The first kappa shape index (κ1) is 20.8. The highest BCUT2D eigenvalue weighted by Gasteiger charge is 2.31. The van der Waals surface area contributed by atoms with Gasteiger partial charge >= 0.3 is 0 Å². The summed E-state index contributed by atoms with van der Waals surface area (Å²) in [6.07, 6.45) is 8.38. The van der Waals surface area contributed by atoms with Gasteiger partial charge in [0.1, 0.15) is 5.75 Å². The van der Waals surface area contributed by atoms with Crippen molar-refractivity contribution in [3.8, 4) is 0 Å². The summed E-state index contributed by atoms with van der Waals surface area (Å²) in [7, 11) is -4.13. The van der Waals surface area contributed by atoms with Crippen LogP contribution in [0.1, 0.15) is 72.1 Å². The zero-order chi connectivity index (χ0) is 16.2. The second kappa shape index (κ2) is 11.4. The van der Waals surface area contributed by atoms with Crippen LogP contribution in [0.15, 0.2) is 0 Å². The van der Waals surface area contributed by atoms with Gasteiger partial charge in [-0.05, 0) is 19.8 Å². The Hall–Kier alpha value is -0.170. The Morgan fingerprint density at radius 1 is 0.857 bits per heavy atom. The maximum atomic E-state index is 11.1. The van der Waals surface area contributed by atoms with E-state index >= 15 is 0 Å². The molecule has 0 bridgehead atoms. The average molecular weight is 324 g/mol. The molecule has 0 aliphatic carbocycles. The van der Waals surface area contributed by atoms with Crippen molar-refractivity contribution in [3.05, 3.63) is 0 Å². The second-order valence-corrected chi connectivity index (χ2v) is 7.13. The Kier molecular flexibility index (Phi) is 11.3. The van der Waals surface area contributed by atoms with E-state index in [4.69, 9.17) is 14.0 Å². The molecule has 5 nitrogen and oxygen atoms in total. The van der Waals surface area contributed by atoms with Gasteiger partial charge in [0.05, 0.1) is 13.2 Å². The lowest BCUT2D eigenvalue weighted by Crippen LogP contribution is -2.40. The highest BCUT2D eigenvalue weighted by molar-refractivity contribution is 7.85. The molecule has 0 fully saturated rings. The minimum atomic E-state index is -4.13. The fraction of sp³-hybridized carbons (Fsp3) is 1.00. The van der Waals surface area contributed by atoms with Gasteiger partial charge in [-0.2, -0.15) is 8.42 Å². The van der Waals surface area contributed by atoms with Gasteiger partial charge in [0.2, 0.25) is 0 Å². The van der Waals surface area contributed by atoms with E-state index in [-0.39, 0.29) is 0 Å². The normalized spacial score (nSPS) is 12.8. The van der Waals surface area contributed by atoms with Gasteiger partial charge < -0.3 is 9.47 Å². The van der Waals surface area contributed by atoms with E-state index in [9.17, 15) is 8.42 Å². The van der Waals surface area contributed by atoms with Crippen LogP contribution in [0.3, 0.4) is 0 Å². The summed E-state index contributed by atoms with van der Waals surface area (Å²) in [5.41, 5.74) is 0. The molecular formula is C15H32O5S. The highest BCUT2D eigenvalue weighted by atomic mass is 32.2. The van der Waals surface area contributed by atoms with E-state index in [0.29, 0.717) is 13.2 Å². The fourth-order valence-corrected chi connectivity index (χ4v) is 2.92. The number of rotatable bonds is 14. The zero-order valence-electron chi connectivity index (χ0n) is 13.8. The molecule has 0 aromatic heterocycles. The Bertz CT molecular complexity index is 326. The van der Waals surface area contributed by atoms with E-state index in [0.717, 1.165) is 51.4 Å². The number of hydrogen-bond donors (Lipinski definition) is 1. The van der Waals surface area contributed by atoms with E-state index in [2.05, 4.69) is 13.8 Å². The third kappa shape index (κ3) is 13.2. The van der Waals surface area contributed by atoms with Crippen molar-refractivity contribution in [1.29, 1.82) is 0 Å². The van der Waals surface area contributed by atoms with Crippen molar-refractivity contribution in [1.82, 2.24) is 0 Å². The molecule has 0 rings (SSSR count). The molecule has 0 aliphatic heterocycles. The molecule has 6 heteroatoms. The number of ether oxygens (including phenoxy) is 2. The molecule has 0 saturated carbocycles. The lowest BCUT2D eigenvalue weighted by molar-refractivity contribution is -0.211.